The summed E-state index contributed by atoms with van der Waals surface area (Å²) in [5, 5.41) is 2.88. The molecule has 0 aliphatic carbocycles. The van der Waals surface area contributed by atoms with Crippen LogP contribution in [0.3, 0.4) is 0 Å². The number of ether oxygens (including phenoxy) is 1. The molecule has 0 fully saturated rings. The van der Waals surface area contributed by atoms with Gasteiger partial charge in [0.25, 0.3) is 5.91 Å². The van der Waals surface area contributed by atoms with Crippen molar-refractivity contribution in [3.63, 3.8) is 0 Å². The molecule has 0 aliphatic rings. The number of carbonyl (C=O) groups is 2. The van der Waals surface area contributed by atoms with E-state index in [2.05, 4.69) is 10.3 Å². The summed E-state index contributed by atoms with van der Waals surface area (Å²) in [6, 6.07) is 11.1. The summed E-state index contributed by atoms with van der Waals surface area (Å²) in [6.07, 6.45) is 3.73. The number of benzene rings is 1. The van der Waals surface area contributed by atoms with Crippen LogP contribution in [0, 0.1) is 6.92 Å². The first kappa shape index (κ1) is 16.7. The molecule has 2 rings (SSSR count). The van der Waals surface area contributed by atoms with Crippen LogP contribution in [-0.2, 0) is 9.53 Å². The minimum atomic E-state index is -0.559. The minimum Gasteiger partial charge on any atom is -0.452 e. The quantitative estimate of drug-likeness (QED) is 0.833. The standard InChI is InChI=1S/C18H20N2O3/c1-3-16(14-8-6-13(2)7-9-14)20-17(21)12-23-18(22)15-5-4-10-19-11-15/h4-11,16H,3,12H2,1-2H3,(H,20,21)/t16-/m1/s1. The second kappa shape index (κ2) is 8.08. The Morgan fingerprint density at radius 1 is 1.22 bits per heavy atom. The van der Waals surface area contributed by atoms with Crippen molar-refractivity contribution in [2.75, 3.05) is 6.61 Å². The van der Waals surface area contributed by atoms with Crippen molar-refractivity contribution in [2.24, 2.45) is 0 Å². The molecule has 23 heavy (non-hydrogen) atoms. The third kappa shape index (κ3) is 4.92. The number of pyridine rings is 1. The van der Waals surface area contributed by atoms with Crippen molar-refractivity contribution in [1.29, 1.82) is 0 Å². The van der Waals surface area contributed by atoms with E-state index in [0.29, 0.717) is 5.56 Å². The molecule has 1 amide bonds. The van der Waals surface area contributed by atoms with Crippen molar-refractivity contribution in [3.05, 3.63) is 65.5 Å². The maximum absolute atomic E-state index is 12.0. The molecule has 0 spiro atoms. The number of aryl methyl sites for hydroxylation is 1. The average Bonchev–Trinajstić information content (AvgIpc) is 2.59. The van der Waals surface area contributed by atoms with Crippen LogP contribution in [0.5, 0.6) is 0 Å². The fourth-order valence-corrected chi connectivity index (χ4v) is 2.15. The van der Waals surface area contributed by atoms with E-state index in [0.717, 1.165) is 12.0 Å². The molecule has 1 aromatic carbocycles. The highest BCUT2D eigenvalue weighted by atomic mass is 16.5. The highest BCUT2D eigenvalue weighted by Crippen LogP contribution is 2.17. The smallest absolute Gasteiger partial charge is 0.340 e. The zero-order valence-electron chi connectivity index (χ0n) is 13.3. The predicted molar refractivity (Wildman–Crippen MR) is 86.9 cm³/mol. The molecule has 0 saturated heterocycles. The Morgan fingerprint density at radius 2 is 1.96 bits per heavy atom. The lowest BCUT2D eigenvalue weighted by atomic mass is 10.0. The number of amides is 1. The third-order valence-corrected chi connectivity index (χ3v) is 3.45. The van der Waals surface area contributed by atoms with Crippen molar-refractivity contribution < 1.29 is 14.3 Å². The Hall–Kier alpha value is -2.69. The van der Waals surface area contributed by atoms with Crippen molar-refractivity contribution in [2.45, 2.75) is 26.3 Å². The van der Waals surface area contributed by atoms with E-state index in [4.69, 9.17) is 4.74 Å². The summed E-state index contributed by atoms with van der Waals surface area (Å²) in [5.41, 5.74) is 2.52. The summed E-state index contributed by atoms with van der Waals surface area (Å²) in [4.78, 5) is 27.6. The predicted octanol–water partition coefficient (Wildman–Crippen LogP) is 2.81. The van der Waals surface area contributed by atoms with Crippen LogP contribution in [-0.4, -0.2) is 23.5 Å². The Kier molecular flexibility index (Phi) is 5.86. The molecule has 1 N–H and O–H groups in total. The van der Waals surface area contributed by atoms with E-state index in [9.17, 15) is 9.59 Å². The molecule has 120 valence electrons. The number of esters is 1. The van der Waals surface area contributed by atoms with Crippen LogP contribution in [0.15, 0.2) is 48.8 Å². The van der Waals surface area contributed by atoms with E-state index in [1.54, 1.807) is 18.3 Å². The number of nitrogens with zero attached hydrogens (tertiary/aromatic N) is 1. The largest absolute Gasteiger partial charge is 0.452 e. The summed E-state index contributed by atoms with van der Waals surface area (Å²) < 4.78 is 5.00. The van der Waals surface area contributed by atoms with Gasteiger partial charge in [0.1, 0.15) is 0 Å². The number of rotatable bonds is 6. The lowest BCUT2D eigenvalue weighted by Crippen LogP contribution is -2.32. The average molecular weight is 312 g/mol. The first-order chi connectivity index (χ1) is 11.1. The number of aromatic nitrogens is 1. The first-order valence-corrected chi connectivity index (χ1v) is 7.53. The SMILES string of the molecule is CC[C@@H](NC(=O)COC(=O)c1cccnc1)c1ccc(C)cc1. The lowest BCUT2D eigenvalue weighted by Gasteiger charge is -2.17. The highest BCUT2D eigenvalue weighted by Gasteiger charge is 2.15. The van der Waals surface area contributed by atoms with Gasteiger partial charge in [-0.1, -0.05) is 36.8 Å². The number of hydrogen-bond donors (Lipinski definition) is 1. The molecule has 2 aromatic rings. The molecule has 5 heteroatoms. The first-order valence-electron chi connectivity index (χ1n) is 7.53. The molecule has 0 aliphatic heterocycles. The monoisotopic (exact) mass is 312 g/mol. The lowest BCUT2D eigenvalue weighted by molar-refractivity contribution is -0.125. The molecular formula is C18H20N2O3. The van der Waals surface area contributed by atoms with Crippen LogP contribution in [0.25, 0.3) is 0 Å². The van der Waals surface area contributed by atoms with Crippen molar-refractivity contribution in [1.82, 2.24) is 10.3 Å². The second-order valence-corrected chi connectivity index (χ2v) is 5.26. The van der Waals surface area contributed by atoms with Crippen LogP contribution < -0.4 is 5.32 Å². The van der Waals surface area contributed by atoms with Gasteiger partial charge in [-0.3, -0.25) is 9.78 Å². The molecule has 5 nitrogen and oxygen atoms in total. The molecular weight excluding hydrogens is 292 g/mol. The van der Waals surface area contributed by atoms with Gasteiger partial charge in [-0.05, 0) is 31.0 Å². The van der Waals surface area contributed by atoms with Gasteiger partial charge in [0.15, 0.2) is 6.61 Å². The number of hydrogen-bond acceptors (Lipinski definition) is 4. The third-order valence-electron chi connectivity index (χ3n) is 3.45. The molecule has 1 aromatic heterocycles. The molecule has 0 unspecified atom stereocenters. The summed E-state index contributed by atoms with van der Waals surface area (Å²) in [6.45, 7) is 3.70. The zero-order valence-corrected chi connectivity index (χ0v) is 13.3. The van der Waals surface area contributed by atoms with Crippen LogP contribution in [0.2, 0.25) is 0 Å². The maximum Gasteiger partial charge on any atom is 0.340 e. The fraction of sp³-hybridized carbons (Fsp3) is 0.278. The molecule has 1 heterocycles. The van der Waals surface area contributed by atoms with E-state index < -0.39 is 5.97 Å². The van der Waals surface area contributed by atoms with Gasteiger partial charge in [0.05, 0.1) is 11.6 Å². The van der Waals surface area contributed by atoms with Crippen molar-refractivity contribution >= 4 is 11.9 Å². The van der Waals surface area contributed by atoms with Gasteiger partial charge >= 0.3 is 5.97 Å². The molecule has 0 bridgehead atoms. The Labute approximate surface area is 135 Å². The van der Waals surface area contributed by atoms with Crippen LogP contribution in [0.1, 0.15) is 40.9 Å². The van der Waals surface area contributed by atoms with Crippen molar-refractivity contribution in [3.8, 4) is 0 Å². The summed E-state index contributed by atoms with van der Waals surface area (Å²) in [5.74, 6) is -0.883. The fourth-order valence-electron chi connectivity index (χ4n) is 2.15. The normalized spacial score (nSPS) is 11.6. The Bertz CT molecular complexity index is 654. The van der Waals surface area contributed by atoms with E-state index >= 15 is 0 Å². The number of nitrogens with one attached hydrogen (secondary N) is 1. The summed E-state index contributed by atoms with van der Waals surface area (Å²) in [7, 11) is 0. The van der Waals surface area contributed by atoms with E-state index in [1.165, 1.54) is 11.8 Å². The maximum atomic E-state index is 12.0. The van der Waals surface area contributed by atoms with Gasteiger partial charge < -0.3 is 10.1 Å². The van der Waals surface area contributed by atoms with Gasteiger partial charge in [-0.25, -0.2) is 4.79 Å². The van der Waals surface area contributed by atoms with Gasteiger partial charge in [0.2, 0.25) is 0 Å². The Morgan fingerprint density at radius 3 is 2.57 bits per heavy atom. The summed E-state index contributed by atoms with van der Waals surface area (Å²) >= 11 is 0. The van der Waals surface area contributed by atoms with Crippen LogP contribution >= 0.6 is 0 Å². The highest BCUT2D eigenvalue weighted by molar-refractivity contribution is 5.90. The number of carbonyl (C=O) groups excluding carboxylic acids is 2. The van der Waals surface area contributed by atoms with E-state index in [1.807, 2.05) is 38.1 Å². The second-order valence-electron chi connectivity index (χ2n) is 5.26. The van der Waals surface area contributed by atoms with E-state index in [-0.39, 0.29) is 18.6 Å². The molecule has 0 saturated carbocycles. The zero-order chi connectivity index (χ0) is 16.7. The minimum absolute atomic E-state index is 0.0970. The topological polar surface area (TPSA) is 68.3 Å². The molecule has 1 atom stereocenters. The molecule has 0 radical (unpaired) electrons. The Balaban J connectivity index is 1.88. The van der Waals surface area contributed by atoms with Gasteiger partial charge in [-0.15, -0.1) is 0 Å². The van der Waals surface area contributed by atoms with Crippen LogP contribution in [0.4, 0.5) is 0 Å². The van der Waals surface area contributed by atoms with Gasteiger partial charge in [-0.2, -0.15) is 0 Å². The van der Waals surface area contributed by atoms with Gasteiger partial charge in [0, 0.05) is 12.4 Å².